The van der Waals surface area contributed by atoms with Crippen LogP contribution in [0.1, 0.15) is 22.8 Å². The van der Waals surface area contributed by atoms with Gasteiger partial charge in [-0.1, -0.05) is 31.2 Å². The third kappa shape index (κ3) is 3.93. The molecule has 0 bridgehead atoms. The molecule has 0 aliphatic carbocycles. The molecular formula is C16H15FOS. The fourth-order valence-electron chi connectivity index (χ4n) is 1.79. The zero-order valence-corrected chi connectivity index (χ0v) is 11.5. The smallest absolute Gasteiger partial charge is 0.167 e. The molecule has 0 amide bonds. The summed E-state index contributed by atoms with van der Waals surface area (Å²) in [5.74, 6) is 0.792. The van der Waals surface area contributed by atoms with Gasteiger partial charge in [-0.25, -0.2) is 4.39 Å². The van der Waals surface area contributed by atoms with Crippen LogP contribution >= 0.6 is 11.8 Å². The van der Waals surface area contributed by atoms with Gasteiger partial charge in [-0.3, -0.25) is 4.79 Å². The van der Waals surface area contributed by atoms with Crippen LogP contribution in [0.25, 0.3) is 0 Å². The van der Waals surface area contributed by atoms with Crippen molar-refractivity contribution in [3.05, 3.63) is 65.5 Å². The van der Waals surface area contributed by atoms with Gasteiger partial charge in [0.1, 0.15) is 5.82 Å². The molecule has 2 aromatic rings. The fourth-order valence-corrected chi connectivity index (χ4v) is 2.46. The van der Waals surface area contributed by atoms with Gasteiger partial charge in [0.25, 0.3) is 0 Å². The minimum absolute atomic E-state index is 0.0552. The molecule has 0 fully saturated rings. The number of hydrogen-bond donors (Lipinski definition) is 0. The summed E-state index contributed by atoms with van der Waals surface area (Å²) >= 11 is 1.75. The average Bonchev–Trinajstić information content (AvgIpc) is 2.42. The van der Waals surface area contributed by atoms with Gasteiger partial charge >= 0.3 is 0 Å². The highest BCUT2D eigenvalue weighted by Gasteiger charge is 2.07. The van der Waals surface area contributed by atoms with Crippen molar-refractivity contribution in [3.8, 4) is 0 Å². The Bertz CT molecular complexity index is 546. The lowest BCUT2D eigenvalue weighted by Crippen LogP contribution is -2.03. The normalized spacial score (nSPS) is 10.4. The molecule has 3 heteroatoms. The second-order valence-corrected chi connectivity index (χ2v) is 5.52. The summed E-state index contributed by atoms with van der Waals surface area (Å²) < 4.78 is 12.8. The van der Waals surface area contributed by atoms with Gasteiger partial charge in [0.15, 0.2) is 5.78 Å². The summed E-state index contributed by atoms with van der Waals surface area (Å²) in [6.45, 7) is 2.10. The lowest BCUT2D eigenvalue weighted by Gasteiger charge is -2.03. The van der Waals surface area contributed by atoms with Crippen LogP contribution in [-0.4, -0.2) is 11.5 Å². The number of rotatable bonds is 5. The first-order chi connectivity index (χ1) is 9.19. The van der Waals surface area contributed by atoms with Crippen molar-refractivity contribution >= 4 is 17.5 Å². The molecule has 2 aromatic carbocycles. The van der Waals surface area contributed by atoms with Crippen LogP contribution in [-0.2, 0) is 6.42 Å². The number of thioether (sulfide) groups is 1. The van der Waals surface area contributed by atoms with Crippen molar-refractivity contribution in [2.45, 2.75) is 18.2 Å². The zero-order chi connectivity index (χ0) is 13.7. The van der Waals surface area contributed by atoms with Crippen molar-refractivity contribution in [1.29, 1.82) is 0 Å². The number of ketones is 1. The molecular weight excluding hydrogens is 259 g/mol. The van der Waals surface area contributed by atoms with Gasteiger partial charge in [-0.05, 0) is 35.6 Å². The Morgan fingerprint density at radius 2 is 1.68 bits per heavy atom. The zero-order valence-electron chi connectivity index (χ0n) is 10.7. The molecule has 19 heavy (non-hydrogen) atoms. The van der Waals surface area contributed by atoms with E-state index < -0.39 is 0 Å². The van der Waals surface area contributed by atoms with E-state index in [1.165, 1.54) is 17.0 Å². The second-order valence-electron chi connectivity index (χ2n) is 4.18. The first kappa shape index (κ1) is 13.8. The van der Waals surface area contributed by atoms with E-state index in [0.29, 0.717) is 12.0 Å². The number of Topliss-reactive ketones (excluding diaryl/α,β-unsaturated/α-hetero) is 1. The van der Waals surface area contributed by atoms with Gasteiger partial charge in [0.05, 0.1) is 0 Å². The molecule has 0 radical (unpaired) electrons. The first-order valence-corrected chi connectivity index (χ1v) is 7.18. The SMILES string of the molecule is CCSc1ccc(C(=O)Cc2ccc(F)cc2)cc1. The standard InChI is InChI=1S/C16H15FOS/c1-2-19-15-9-5-13(6-10-15)16(18)11-12-3-7-14(17)8-4-12/h3-10H,2,11H2,1H3. The molecule has 0 aliphatic rings. The Labute approximate surface area is 116 Å². The maximum absolute atomic E-state index is 12.8. The predicted molar refractivity (Wildman–Crippen MR) is 77.3 cm³/mol. The van der Waals surface area contributed by atoms with Crippen LogP contribution in [0.5, 0.6) is 0 Å². The van der Waals surface area contributed by atoms with Crippen molar-refractivity contribution in [2.75, 3.05) is 5.75 Å². The molecule has 0 N–H and O–H groups in total. The maximum atomic E-state index is 12.8. The molecule has 0 saturated heterocycles. The summed E-state index contributed by atoms with van der Waals surface area (Å²) in [5, 5.41) is 0. The third-order valence-electron chi connectivity index (χ3n) is 2.77. The Hall–Kier alpha value is -1.61. The molecule has 0 spiro atoms. The monoisotopic (exact) mass is 274 g/mol. The Balaban J connectivity index is 2.05. The maximum Gasteiger partial charge on any atom is 0.167 e. The minimum atomic E-state index is -0.280. The molecule has 0 aromatic heterocycles. The number of hydrogen-bond acceptors (Lipinski definition) is 2. The van der Waals surface area contributed by atoms with E-state index in [2.05, 4.69) is 6.92 Å². The minimum Gasteiger partial charge on any atom is -0.294 e. The van der Waals surface area contributed by atoms with Crippen LogP contribution in [0.4, 0.5) is 4.39 Å². The second kappa shape index (κ2) is 6.53. The highest BCUT2D eigenvalue weighted by molar-refractivity contribution is 7.99. The number of halogens is 1. The van der Waals surface area contributed by atoms with E-state index in [0.717, 1.165) is 11.3 Å². The molecule has 0 heterocycles. The van der Waals surface area contributed by atoms with Crippen LogP contribution in [0.15, 0.2) is 53.4 Å². The quantitative estimate of drug-likeness (QED) is 0.595. The summed E-state index contributed by atoms with van der Waals surface area (Å²) in [4.78, 5) is 13.2. The number of carbonyl (C=O) groups is 1. The van der Waals surface area contributed by atoms with Crippen LogP contribution in [0.3, 0.4) is 0 Å². The molecule has 98 valence electrons. The van der Waals surface area contributed by atoms with Gasteiger partial charge < -0.3 is 0 Å². The Morgan fingerprint density at radius 3 is 2.26 bits per heavy atom. The van der Waals surface area contributed by atoms with Gasteiger partial charge in [0.2, 0.25) is 0 Å². The number of carbonyl (C=O) groups excluding carboxylic acids is 1. The Kier molecular flexibility index (Phi) is 4.74. The molecule has 2 rings (SSSR count). The van der Waals surface area contributed by atoms with Gasteiger partial charge in [0, 0.05) is 16.9 Å². The number of benzene rings is 2. The summed E-state index contributed by atoms with van der Waals surface area (Å²) in [5.41, 5.74) is 1.53. The van der Waals surface area contributed by atoms with E-state index in [1.54, 1.807) is 23.9 Å². The predicted octanol–water partition coefficient (Wildman–Crippen LogP) is 4.36. The first-order valence-electron chi connectivity index (χ1n) is 6.19. The van der Waals surface area contributed by atoms with Gasteiger partial charge in [-0.15, -0.1) is 11.8 Å². The van der Waals surface area contributed by atoms with E-state index in [4.69, 9.17) is 0 Å². The highest BCUT2D eigenvalue weighted by Crippen LogP contribution is 2.18. The molecule has 0 unspecified atom stereocenters. The highest BCUT2D eigenvalue weighted by atomic mass is 32.2. The van der Waals surface area contributed by atoms with Crippen LogP contribution < -0.4 is 0 Å². The summed E-state index contributed by atoms with van der Waals surface area (Å²) in [7, 11) is 0. The molecule has 0 aliphatic heterocycles. The van der Waals surface area contributed by atoms with Crippen molar-refractivity contribution < 1.29 is 9.18 Å². The van der Waals surface area contributed by atoms with E-state index in [1.807, 2.05) is 24.3 Å². The van der Waals surface area contributed by atoms with E-state index in [9.17, 15) is 9.18 Å². The van der Waals surface area contributed by atoms with E-state index >= 15 is 0 Å². The topological polar surface area (TPSA) is 17.1 Å². The van der Waals surface area contributed by atoms with Crippen LogP contribution in [0.2, 0.25) is 0 Å². The van der Waals surface area contributed by atoms with Crippen LogP contribution in [0, 0.1) is 5.82 Å². The Morgan fingerprint density at radius 1 is 1.05 bits per heavy atom. The average molecular weight is 274 g/mol. The molecule has 1 nitrogen and oxygen atoms in total. The summed E-state index contributed by atoms with van der Waals surface area (Å²) in [6.07, 6.45) is 0.306. The molecule has 0 atom stereocenters. The lowest BCUT2D eigenvalue weighted by molar-refractivity contribution is 0.0993. The van der Waals surface area contributed by atoms with Gasteiger partial charge in [-0.2, -0.15) is 0 Å². The van der Waals surface area contributed by atoms with Crippen molar-refractivity contribution in [3.63, 3.8) is 0 Å². The van der Waals surface area contributed by atoms with Crippen molar-refractivity contribution in [2.24, 2.45) is 0 Å². The summed E-state index contributed by atoms with van der Waals surface area (Å²) in [6, 6.07) is 13.7. The fraction of sp³-hybridized carbons (Fsp3) is 0.188. The largest absolute Gasteiger partial charge is 0.294 e. The lowest BCUT2D eigenvalue weighted by atomic mass is 10.0. The van der Waals surface area contributed by atoms with Crippen molar-refractivity contribution in [1.82, 2.24) is 0 Å². The third-order valence-corrected chi connectivity index (χ3v) is 3.66. The van der Waals surface area contributed by atoms with E-state index in [-0.39, 0.29) is 11.6 Å². The molecule has 0 saturated carbocycles.